The van der Waals surface area contributed by atoms with Gasteiger partial charge in [-0.3, -0.25) is 4.79 Å². The van der Waals surface area contributed by atoms with Gasteiger partial charge in [0, 0.05) is 10.5 Å². The van der Waals surface area contributed by atoms with Gasteiger partial charge in [0.25, 0.3) is 0 Å². The number of carbonyl (C=O) groups is 1. The van der Waals surface area contributed by atoms with Gasteiger partial charge in [-0.25, -0.2) is 0 Å². The van der Waals surface area contributed by atoms with Crippen LogP contribution in [0.25, 0.3) is 0 Å². The van der Waals surface area contributed by atoms with E-state index in [-0.39, 0.29) is 5.91 Å². The van der Waals surface area contributed by atoms with Crippen LogP contribution in [0.2, 0.25) is 0 Å². The highest BCUT2D eigenvalue weighted by atomic mass is 79.9. The molecule has 19 heavy (non-hydrogen) atoms. The van der Waals surface area contributed by atoms with Gasteiger partial charge in [0.1, 0.15) is 5.75 Å². The number of nitrogens with two attached hydrogens (primary N) is 1. The zero-order chi connectivity index (χ0) is 14.6. The molecule has 0 saturated carbocycles. The fourth-order valence-corrected chi connectivity index (χ4v) is 2.88. The fraction of sp³-hybridized carbons (Fsp3) is 0.462. The zero-order valence-electron chi connectivity index (χ0n) is 11.2. The maximum absolute atomic E-state index is 12.0. The number of nitrogens with one attached hydrogen (secondary N) is 1. The molecule has 0 spiro atoms. The highest BCUT2D eigenvalue weighted by molar-refractivity contribution is 9.11. The number of anilines is 1. The van der Waals surface area contributed by atoms with Gasteiger partial charge < -0.3 is 15.8 Å². The molecule has 1 atom stereocenters. The predicted molar refractivity (Wildman–Crippen MR) is 84.5 cm³/mol. The smallest absolute Gasteiger partial charge is 0.241 e. The summed E-state index contributed by atoms with van der Waals surface area (Å²) in [6, 6.07) is 3.05. The monoisotopic (exact) mass is 392 g/mol. The number of amides is 1. The zero-order valence-corrected chi connectivity index (χ0v) is 14.3. The number of benzene rings is 1. The summed E-state index contributed by atoms with van der Waals surface area (Å²) in [4.78, 5) is 12.0. The molecule has 1 unspecified atom stereocenters. The van der Waals surface area contributed by atoms with Gasteiger partial charge in [0.05, 0.1) is 23.3 Å². The summed E-state index contributed by atoms with van der Waals surface area (Å²) in [5.41, 5.74) is 6.49. The Kier molecular flexibility index (Phi) is 6.29. The molecule has 1 rings (SSSR count). The topological polar surface area (TPSA) is 64.3 Å². The third kappa shape index (κ3) is 4.78. The van der Waals surface area contributed by atoms with Crippen LogP contribution in [0.15, 0.2) is 21.1 Å². The molecule has 4 nitrogen and oxygen atoms in total. The van der Waals surface area contributed by atoms with E-state index in [0.717, 1.165) is 8.95 Å². The predicted octanol–water partition coefficient (Wildman–Crippen LogP) is 3.53. The Hall–Kier alpha value is -0.590. The second-order valence-electron chi connectivity index (χ2n) is 4.69. The van der Waals surface area contributed by atoms with Crippen molar-refractivity contribution in [2.24, 2.45) is 11.7 Å². The Morgan fingerprint density at radius 3 is 2.53 bits per heavy atom. The van der Waals surface area contributed by atoms with Crippen LogP contribution in [0.5, 0.6) is 5.75 Å². The van der Waals surface area contributed by atoms with Crippen molar-refractivity contribution in [3.05, 3.63) is 21.1 Å². The van der Waals surface area contributed by atoms with Crippen molar-refractivity contribution in [1.82, 2.24) is 0 Å². The second kappa shape index (κ2) is 7.26. The SMILES string of the molecule is COc1cc(NC(=O)C(N)CC(C)C)c(Br)cc1Br. The van der Waals surface area contributed by atoms with Crippen molar-refractivity contribution in [2.45, 2.75) is 26.3 Å². The number of halogens is 2. The van der Waals surface area contributed by atoms with Crippen molar-refractivity contribution in [3.8, 4) is 5.75 Å². The van der Waals surface area contributed by atoms with Crippen molar-refractivity contribution < 1.29 is 9.53 Å². The number of methoxy groups -OCH3 is 1. The third-order valence-corrected chi connectivity index (χ3v) is 3.84. The van der Waals surface area contributed by atoms with E-state index in [0.29, 0.717) is 23.8 Å². The minimum absolute atomic E-state index is 0.196. The normalized spacial score (nSPS) is 12.4. The lowest BCUT2D eigenvalue weighted by Gasteiger charge is -2.16. The molecule has 0 aromatic heterocycles. The molecule has 6 heteroatoms. The largest absolute Gasteiger partial charge is 0.495 e. The Morgan fingerprint density at radius 2 is 2.00 bits per heavy atom. The van der Waals surface area contributed by atoms with Gasteiger partial charge in [-0.1, -0.05) is 13.8 Å². The van der Waals surface area contributed by atoms with Gasteiger partial charge in [0.2, 0.25) is 5.91 Å². The highest BCUT2D eigenvalue weighted by Crippen LogP contribution is 2.34. The van der Waals surface area contributed by atoms with Crippen molar-refractivity contribution in [1.29, 1.82) is 0 Å². The molecule has 1 amide bonds. The summed E-state index contributed by atoms with van der Waals surface area (Å²) in [5.74, 6) is 0.832. The highest BCUT2D eigenvalue weighted by Gasteiger charge is 2.17. The van der Waals surface area contributed by atoms with Crippen molar-refractivity contribution in [2.75, 3.05) is 12.4 Å². The van der Waals surface area contributed by atoms with E-state index in [1.807, 2.05) is 19.9 Å². The van der Waals surface area contributed by atoms with Crippen LogP contribution >= 0.6 is 31.9 Å². The molecule has 0 heterocycles. The minimum Gasteiger partial charge on any atom is -0.495 e. The van der Waals surface area contributed by atoms with Crippen LogP contribution in [0.3, 0.4) is 0 Å². The summed E-state index contributed by atoms with van der Waals surface area (Å²) < 4.78 is 6.78. The molecule has 1 aromatic rings. The molecule has 0 aliphatic carbocycles. The summed E-state index contributed by atoms with van der Waals surface area (Å²) >= 11 is 6.77. The van der Waals surface area contributed by atoms with Crippen LogP contribution in [-0.2, 0) is 4.79 Å². The van der Waals surface area contributed by atoms with Gasteiger partial charge in [-0.15, -0.1) is 0 Å². The van der Waals surface area contributed by atoms with Gasteiger partial charge >= 0.3 is 0 Å². The summed E-state index contributed by atoms with van der Waals surface area (Å²) in [6.45, 7) is 4.07. The molecular weight excluding hydrogens is 376 g/mol. The molecule has 106 valence electrons. The average molecular weight is 394 g/mol. The molecular formula is C13H18Br2N2O2. The van der Waals surface area contributed by atoms with E-state index in [9.17, 15) is 4.79 Å². The van der Waals surface area contributed by atoms with E-state index in [1.165, 1.54) is 0 Å². The summed E-state index contributed by atoms with van der Waals surface area (Å²) in [7, 11) is 1.57. The first-order valence-corrected chi connectivity index (χ1v) is 7.53. The number of rotatable bonds is 5. The molecule has 0 fully saturated rings. The third-order valence-electron chi connectivity index (χ3n) is 2.56. The van der Waals surface area contributed by atoms with Crippen molar-refractivity contribution >= 4 is 43.5 Å². The Labute approximate surface area is 130 Å². The average Bonchev–Trinajstić information content (AvgIpc) is 2.31. The first-order chi connectivity index (χ1) is 8.85. The number of hydrogen-bond donors (Lipinski definition) is 2. The number of carbonyl (C=O) groups excluding carboxylic acids is 1. The lowest BCUT2D eigenvalue weighted by Crippen LogP contribution is -2.36. The molecule has 0 aliphatic rings. The van der Waals surface area contributed by atoms with Crippen molar-refractivity contribution in [3.63, 3.8) is 0 Å². The second-order valence-corrected chi connectivity index (χ2v) is 6.40. The van der Waals surface area contributed by atoms with E-state index in [4.69, 9.17) is 10.5 Å². The first-order valence-electron chi connectivity index (χ1n) is 5.94. The molecule has 1 aromatic carbocycles. The van der Waals surface area contributed by atoms with Gasteiger partial charge in [-0.05, 0) is 50.3 Å². The van der Waals surface area contributed by atoms with Crippen LogP contribution in [0, 0.1) is 5.92 Å². The minimum atomic E-state index is -0.512. The Bertz CT molecular complexity index is 464. The molecule has 0 radical (unpaired) electrons. The summed E-state index contributed by atoms with van der Waals surface area (Å²) in [5, 5.41) is 2.81. The fourth-order valence-electron chi connectivity index (χ4n) is 1.62. The molecule has 3 N–H and O–H groups in total. The molecule has 0 bridgehead atoms. The van der Waals surface area contributed by atoms with E-state index in [2.05, 4.69) is 37.2 Å². The summed E-state index contributed by atoms with van der Waals surface area (Å²) in [6.07, 6.45) is 0.650. The van der Waals surface area contributed by atoms with Crippen LogP contribution in [0.1, 0.15) is 20.3 Å². The quantitative estimate of drug-likeness (QED) is 0.804. The first kappa shape index (κ1) is 16.5. The van der Waals surface area contributed by atoms with Gasteiger partial charge in [-0.2, -0.15) is 0 Å². The van der Waals surface area contributed by atoms with E-state index < -0.39 is 6.04 Å². The number of ether oxygens (including phenoxy) is 1. The molecule has 0 aliphatic heterocycles. The maximum atomic E-state index is 12.0. The van der Waals surface area contributed by atoms with Crippen LogP contribution in [-0.4, -0.2) is 19.1 Å². The Morgan fingerprint density at radius 1 is 1.37 bits per heavy atom. The van der Waals surface area contributed by atoms with Crippen LogP contribution < -0.4 is 15.8 Å². The molecule has 0 saturated heterocycles. The van der Waals surface area contributed by atoms with E-state index in [1.54, 1.807) is 13.2 Å². The lowest BCUT2D eigenvalue weighted by atomic mass is 10.0. The van der Waals surface area contributed by atoms with E-state index >= 15 is 0 Å². The number of hydrogen-bond acceptors (Lipinski definition) is 3. The van der Waals surface area contributed by atoms with Crippen LogP contribution in [0.4, 0.5) is 5.69 Å². The standard InChI is InChI=1S/C13H18Br2N2O2/c1-7(2)4-10(16)13(18)17-11-6-12(19-3)9(15)5-8(11)14/h5-7,10H,4,16H2,1-3H3,(H,17,18). The Balaban J connectivity index is 2.84. The lowest BCUT2D eigenvalue weighted by molar-refractivity contribution is -0.117. The maximum Gasteiger partial charge on any atom is 0.241 e. The van der Waals surface area contributed by atoms with Gasteiger partial charge in [0.15, 0.2) is 0 Å².